The summed E-state index contributed by atoms with van der Waals surface area (Å²) in [5, 5.41) is 0.206. The quantitative estimate of drug-likeness (QED) is 0.123. The molecule has 4 unspecified atom stereocenters. The molecule has 0 bridgehead atoms. The van der Waals surface area contributed by atoms with Gasteiger partial charge in [0.25, 0.3) is 6.71 Å². The second kappa shape index (κ2) is 17.8. The summed E-state index contributed by atoms with van der Waals surface area (Å²) in [5.74, 6) is 5.40. The molecule has 8 aliphatic rings. The monoisotopic (exact) mass is 1130 g/mol. The number of fused-ring (bicyclic) bond motifs is 16. The van der Waals surface area contributed by atoms with Crippen LogP contribution >= 0.6 is 47.4 Å². The zero-order chi connectivity index (χ0) is 54.4. The molecule has 82 heavy (non-hydrogen) atoms. The Kier molecular flexibility index (Phi) is 10.5. The fraction of sp³-hybridized carbons (Fsp3) is 0.130. The van der Waals surface area contributed by atoms with E-state index in [4.69, 9.17) is 18.9 Å². The molecule has 0 radical (unpaired) electrons. The molecule has 10 aromatic rings. The molecule has 0 aromatic heterocycles. The first-order chi connectivity index (χ1) is 40.3. The lowest BCUT2D eigenvalue weighted by molar-refractivity contribution is 0.218. The molecule has 10 aromatic carbocycles. The Balaban J connectivity index is 0.877. The second-order valence-electron chi connectivity index (χ2n) is 22.9. The average molecular weight is 1130 g/mol. The van der Waals surface area contributed by atoms with Gasteiger partial charge >= 0.3 is 0 Å². The maximum Gasteiger partial charge on any atom is 0.256 e. The van der Waals surface area contributed by atoms with Crippen molar-refractivity contribution in [3.63, 3.8) is 0 Å². The third kappa shape index (κ3) is 6.70. The van der Waals surface area contributed by atoms with Gasteiger partial charge in [-0.2, -0.15) is 0 Å². The second-order valence-corrected chi connectivity index (χ2v) is 26.8. The topological polar surface area (TPSA) is 43.4 Å². The molecule has 0 amide bonds. The van der Waals surface area contributed by atoms with Gasteiger partial charge in [0.2, 0.25) is 13.4 Å². The molecule has 13 heteroatoms. The van der Waals surface area contributed by atoms with E-state index in [1.165, 1.54) is 92.8 Å². The highest BCUT2D eigenvalue weighted by Crippen LogP contribution is 2.56. The van der Waals surface area contributed by atoms with Crippen LogP contribution in [0.3, 0.4) is 0 Å². The predicted octanol–water partition coefficient (Wildman–Crippen LogP) is 13.3. The summed E-state index contributed by atoms with van der Waals surface area (Å²) in [6.07, 6.45) is 4.15. The van der Waals surface area contributed by atoms with Crippen LogP contribution in [0.15, 0.2) is 192 Å². The van der Waals surface area contributed by atoms with Crippen LogP contribution in [0.25, 0.3) is 33.4 Å². The Hall–Kier alpha value is -7.41. The van der Waals surface area contributed by atoms with Crippen LogP contribution < -0.4 is 65.8 Å². The van der Waals surface area contributed by atoms with E-state index in [1.54, 1.807) is 23.9 Å². The van der Waals surface area contributed by atoms with Gasteiger partial charge in [0, 0.05) is 61.3 Å². The average Bonchev–Trinajstić information content (AvgIpc) is 1.17. The van der Waals surface area contributed by atoms with Crippen LogP contribution in [0.4, 0.5) is 22.7 Å². The van der Waals surface area contributed by atoms with E-state index in [-0.39, 0.29) is 42.6 Å². The van der Waals surface area contributed by atoms with Gasteiger partial charge in [-0.1, -0.05) is 121 Å². The van der Waals surface area contributed by atoms with Crippen LogP contribution in [0.2, 0.25) is 0 Å². The predicted molar refractivity (Wildman–Crippen MR) is 348 cm³/mol. The normalized spacial score (nSPS) is 18.8. The Labute approximate surface area is 495 Å². The highest BCUT2D eigenvalue weighted by molar-refractivity contribution is 8.02. The van der Waals surface area contributed by atoms with E-state index in [2.05, 4.69) is 224 Å². The molecule has 4 atom stereocenters. The SMILES string of the molecule is CSN1c2cc3c(cc2B2c4cc5c(cc4Oc4cc(-c6ccccc6C)cc1c42)N(SC)c1cc(-c2ccccc2C)cc2c1B5C1Sc4ccccc4C1O2)B1c2c(cc(-c4ccccc4C)cc2OC2c4ccccc4SC12)O3. The minimum Gasteiger partial charge on any atom is -0.486 e. The Morgan fingerprint density at radius 1 is 0.390 bits per heavy atom. The van der Waals surface area contributed by atoms with Crippen LogP contribution in [0.1, 0.15) is 40.0 Å². The van der Waals surface area contributed by atoms with E-state index in [0.717, 1.165) is 73.7 Å². The number of hydrogen-bond acceptors (Lipinski definition) is 10. The summed E-state index contributed by atoms with van der Waals surface area (Å²) in [7, 11) is 0. The number of thioether (sulfide) groups is 2. The first-order valence-electron chi connectivity index (χ1n) is 28.2. The van der Waals surface area contributed by atoms with Gasteiger partial charge in [0.05, 0.1) is 22.7 Å². The molecule has 8 aliphatic heterocycles. The molecule has 0 aliphatic carbocycles. The number of ether oxygens (including phenoxy) is 4. The van der Waals surface area contributed by atoms with Crippen LogP contribution in [-0.4, -0.2) is 42.9 Å². The van der Waals surface area contributed by atoms with Crippen molar-refractivity contribution in [2.75, 3.05) is 21.1 Å². The van der Waals surface area contributed by atoms with Gasteiger partial charge in [-0.15, -0.1) is 23.5 Å². The third-order valence-electron chi connectivity index (χ3n) is 18.7. The zero-order valence-electron chi connectivity index (χ0n) is 45.5. The summed E-state index contributed by atoms with van der Waals surface area (Å²) in [5.41, 5.74) is 26.3. The molecular weight excluding hydrogens is 1080 g/mol. The number of anilines is 4. The molecule has 392 valence electrons. The minimum atomic E-state index is -0.168. The summed E-state index contributed by atoms with van der Waals surface area (Å²) < 4.78 is 34.5. The fourth-order valence-corrected chi connectivity index (χ4v) is 19.5. The summed E-state index contributed by atoms with van der Waals surface area (Å²) in [4.78, 5) is 2.58. The maximum atomic E-state index is 7.56. The number of benzene rings is 10. The molecule has 8 heterocycles. The maximum absolute atomic E-state index is 7.56. The van der Waals surface area contributed by atoms with Crippen LogP contribution in [-0.2, 0) is 0 Å². The number of hydrogen-bond donors (Lipinski definition) is 0. The lowest BCUT2D eigenvalue weighted by Gasteiger charge is -2.44. The molecule has 0 fully saturated rings. The Morgan fingerprint density at radius 3 is 1.37 bits per heavy atom. The molecule has 18 rings (SSSR count). The molecule has 0 saturated heterocycles. The molecular formula is C69H49B3N2O4S4. The highest BCUT2D eigenvalue weighted by atomic mass is 32.2. The van der Waals surface area contributed by atoms with Crippen LogP contribution in [0, 0.1) is 20.8 Å². The van der Waals surface area contributed by atoms with Crippen molar-refractivity contribution in [3.05, 3.63) is 210 Å². The Morgan fingerprint density at radius 2 is 0.817 bits per heavy atom. The van der Waals surface area contributed by atoms with E-state index in [0.29, 0.717) is 0 Å². The molecule has 6 nitrogen and oxygen atoms in total. The number of rotatable bonds is 5. The first kappa shape index (κ1) is 48.2. The van der Waals surface area contributed by atoms with Gasteiger partial charge in [0.1, 0.15) is 46.7 Å². The third-order valence-corrected chi connectivity index (χ3v) is 23.0. The molecule has 0 spiro atoms. The van der Waals surface area contributed by atoms with Gasteiger partial charge in [-0.05, 0) is 176 Å². The Bertz CT molecular complexity index is 4500. The van der Waals surface area contributed by atoms with Gasteiger partial charge in [-0.25, -0.2) is 0 Å². The van der Waals surface area contributed by atoms with Crippen molar-refractivity contribution in [2.24, 2.45) is 0 Å². The standard InChI is InChI=1S/C69H49B3N2O4S4/c1-36-16-6-9-19-42(36)39-26-53-63-57(28-39)75-55-35-52-48(71-64-54(74(52)80-5)27-40(43-20-10-7-17-37(43)2)29-58(64)77-66-45-22-12-14-24-61(45)81-68(66)71)33-49(55)70(63)47-32-50-56(34-51(47)73(53)79-4)76-59-30-41(44-21-11-8-18-38(44)3)31-60-65(59)72(50)69-67(78-60)46-23-13-15-25-62(46)82-69/h6-35,66-69H,1-5H3. The van der Waals surface area contributed by atoms with Crippen molar-refractivity contribution in [1.29, 1.82) is 0 Å². The van der Waals surface area contributed by atoms with Crippen molar-refractivity contribution < 1.29 is 18.9 Å². The van der Waals surface area contributed by atoms with Gasteiger partial charge < -0.3 is 18.9 Å². The smallest absolute Gasteiger partial charge is 0.256 e. The van der Waals surface area contributed by atoms with Crippen molar-refractivity contribution in [1.82, 2.24) is 0 Å². The highest BCUT2D eigenvalue weighted by Gasteiger charge is 2.56. The van der Waals surface area contributed by atoms with Gasteiger partial charge in [0.15, 0.2) is 0 Å². The summed E-state index contributed by atoms with van der Waals surface area (Å²) >= 11 is 7.42. The summed E-state index contributed by atoms with van der Waals surface area (Å²) in [6.45, 7) is 6.45. The molecule has 0 N–H and O–H groups in total. The fourth-order valence-electron chi connectivity index (χ4n) is 15.1. The lowest BCUT2D eigenvalue weighted by Crippen LogP contribution is -2.64. The number of nitrogens with zero attached hydrogens (tertiary/aromatic N) is 2. The molecule has 0 saturated carbocycles. The minimum absolute atomic E-state index is 0.00851. The van der Waals surface area contributed by atoms with Crippen LogP contribution in [0.5, 0.6) is 34.5 Å². The number of aryl methyl sites for hydroxylation is 3. The van der Waals surface area contributed by atoms with Crippen molar-refractivity contribution in [2.45, 2.75) is 53.1 Å². The van der Waals surface area contributed by atoms with Crippen molar-refractivity contribution in [3.8, 4) is 67.9 Å². The first-order valence-corrected chi connectivity index (χ1v) is 32.4. The van der Waals surface area contributed by atoms with E-state index in [9.17, 15) is 0 Å². The van der Waals surface area contributed by atoms with E-state index >= 15 is 0 Å². The van der Waals surface area contributed by atoms with Crippen molar-refractivity contribution >= 4 is 129 Å². The zero-order valence-corrected chi connectivity index (χ0v) is 48.8. The largest absolute Gasteiger partial charge is 0.486 e. The van der Waals surface area contributed by atoms with Gasteiger partial charge in [-0.3, -0.25) is 8.61 Å². The summed E-state index contributed by atoms with van der Waals surface area (Å²) in [6, 6.07) is 67.7. The van der Waals surface area contributed by atoms with E-state index in [1.807, 2.05) is 23.5 Å². The van der Waals surface area contributed by atoms with E-state index < -0.39 is 0 Å². The lowest BCUT2D eigenvalue weighted by atomic mass is 9.30.